The van der Waals surface area contributed by atoms with Gasteiger partial charge in [0.2, 0.25) is 5.88 Å². The second-order valence-corrected chi connectivity index (χ2v) is 4.45. The zero-order valence-electron chi connectivity index (χ0n) is 9.85. The standard InChI is InChI=1S/C11H8F3N3O2S/c12-11(13,14)6-19-9-7(2-1-3-15-9)8(18)17-10-16-4-5-20-10/h1-5H,6H2,(H,16,17,18). The van der Waals surface area contributed by atoms with Gasteiger partial charge in [0, 0.05) is 17.8 Å². The van der Waals surface area contributed by atoms with Crippen molar-refractivity contribution in [2.45, 2.75) is 6.18 Å². The van der Waals surface area contributed by atoms with E-state index in [0.29, 0.717) is 5.13 Å². The molecule has 0 aliphatic carbocycles. The molecule has 0 unspecified atom stereocenters. The number of ether oxygens (including phenoxy) is 1. The summed E-state index contributed by atoms with van der Waals surface area (Å²) >= 11 is 1.19. The molecule has 0 saturated carbocycles. The Morgan fingerprint density at radius 3 is 2.80 bits per heavy atom. The molecule has 0 spiro atoms. The number of carbonyl (C=O) groups is 1. The number of nitrogens with zero attached hydrogens (tertiary/aromatic N) is 2. The van der Waals surface area contributed by atoms with Gasteiger partial charge in [0.25, 0.3) is 5.91 Å². The zero-order chi connectivity index (χ0) is 14.6. The molecular formula is C11H8F3N3O2S. The average molecular weight is 303 g/mol. The number of aromatic nitrogens is 2. The van der Waals surface area contributed by atoms with Crippen molar-refractivity contribution < 1.29 is 22.7 Å². The monoisotopic (exact) mass is 303 g/mol. The highest BCUT2D eigenvalue weighted by atomic mass is 32.1. The normalized spacial score (nSPS) is 11.2. The summed E-state index contributed by atoms with van der Waals surface area (Å²) in [5, 5.41) is 4.43. The molecule has 2 aromatic heterocycles. The summed E-state index contributed by atoms with van der Waals surface area (Å²) in [6.07, 6.45) is -1.77. The third-order valence-electron chi connectivity index (χ3n) is 2.04. The van der Waals surface area contributed by atoms with Gasteiger partial charge in [0.05, 0.1) is 0 Å². The molecule has 2 aromatic rings. The van der Waals surface area contributed by atoms with E-state index in [2.05, 4.69) is 20.0 Å². The van der Waals surface area contributed by atoms with Crippen LogP contribution in [0.2, 0.25) is 0 Å². The van der Waals surface area contributed by atoms with E-state index in [4.69, 9.17) is 0 Å². The molecule has 1 N–H and O–H groups in total. The van der Waals surface area contributed by atoms with Crippen LogP contribution in [-0.2, 0) is 0 Å². The largest absolute Gasteiger partial charge is 0.467 e. The Kier molecular flexibility index (Phi) is 4.18. The fourth-order valence-electron chi connectivity index (χ4n) is 1.28. The molecular weight excluding hydrogens is 295 g/mol. The Hall–Kier alpha value is -2.16. The van der Waals surface area contributed by atoms with Gasteiger partial charge in [-0.05, 0) is 12.1 Å². The quantitative estimate of drug-likeness (QED) is 0.943. The number of anilines is 1. The maximum atomic E-state index is 12.1. The van der Waals surface area contributed by atoms with Crippen LogP contribution in [0.4, 0.5) is 18.3 Å². The third-order valence-corrected chi connectivity index (χ3v) is 2.73. The highest BCUT2D eigenvalue weighted by molar-refractivity contribution is 7.13. The van der Waals surface area contributed by atoms with Crippen LogP contribution in [0.3, 0.4) is 0 Å². The minimum absolute atomic E-state index is 0.0908. The summed E-state index contributed by atoms with van der Waals surface area (Å²) in [4.78, 5) is 19.4. The highest BCUT2D eigenvalue weighted by Crippen LogP contribution is 2.21. The summed E-state index contributed by atoms with van der Waals surface area (Å²) < 4.78 is 40.9. The summed E-state index contributed by atoms with van der Waals surface area (Å²) in [6.45, 7) is -1.51. The van der Waals surface area contributed by atoms with Crippen molar-refractivity contribution in [1.29, 1.82) is 0 Å². The molecule has 0 bridgehead atoms. The number of rotatable bonds is 4. The lowest BCUT2D eigenvalue weighted by Crippen LogP contribution is -2.21. The predicted octanol–water partition coefficient (Wildman–Crippen LogP) is 2.73. The molecule has 5 nitrogen and oxygen atoms in total. The van der Waals surface area contributed by atoms with Gasteiger partial charge in [-0.25, -0.2) is 9.97 Å². The van der Waals surface area contributed by atoms with Crippen LogP contribution >= 0.6 is 11.3 Å². The number of nitrogens with one attached hydrogen (secondary N) is 1. The lowest BCUT2D eigenvalue weighted by molar-refractivity contribution is -0.154. The first-order valence-electron chi connectivity index (χ1n) is 5.31. The Morgan fingerprint density at radius 1 is 1.35 bits per heavy atom. The molecule has 0 radical (unpaired) electrons. The highest BCUT2D eigenvalue weighted by Gasteiger charge is 2.29. The minimum atomic E-state index is -4.50. The topological polar surface area (TPSA) is 64.1 Å². The summed E-state index contributed by atoms with van der Waals surface area (Å²) in [6, 6.07) is 2.75. The lowest BCUT2D eigenvalue weighted by Gasteiger charge is -2.11. The number of amides is 1. The zero-order valence-corrected chi connectivity index (χ0v) is 10.7. The van der Waals surface area contributed by atoms with Gasteiger partial charge >= 0.3 is 6.18 Å². The fourth-order valence-corrected chi connectivity index (χ4v) is 1.80. The van der Waals surface area contributed by atoms with E-state index >= 15 is 0 Å². The number of halogens is 3. The lowest BCUT2D eigenvalue weighted by atomic mass is 10.2. The fraction of sp³-hybridized carbons (Fsp3) is 0.182. The van der Waals surface area contributed by atoms with E-state index < -0.39 is 18.7 Å². The summed E-state index contributed by atoms with van der Waals surface area (Å²) in [5.74, 6) is -1.01. The number of hydrogen-bond donors (Lipinski definition) is 1. The second kappa shape index (κ2) is 5.87. The van der Waals surface area contributed by atoms with Crippen LogP contribution in [0.5, 0.6) is 5.88 Å². The third kappa shape index (κ3) is 3.92. The van der Waals surface area contributed by atoms with Gasteiger partial charge in [0.15, 0.2) is 11.7 Å². The van der Waals surface area contributed by atoms with Crippen molar-refractivity contribution in [3.05, 3.63) is 35.5 Å². The smallest absolute Gasteiger partial charge is 0.422 e. The van der Waals surface area contributed by atoms with E-state index in [1.165, 1.54) is 35.9 Å². The van der Waals surface area contributed by atoms with Crippen LogP contribution in [-0.4, -0.2) is 28.7 Å². The van der Waals surface area contributed by atoms with Gasteiger partial charge < -0.3 is 4.74 Å². The van der Waals surface area contributed by atoms with Gasteiger partial charge in [-0.15, -0.1) is 11.3 Å². The van der Waals surface area contributed by atoms with Crippen LogP contribution < -0.4 is 10.1 Å². The number of thiazole rings is 1. The Morgan fingerprint density at radius 2 is 2.15 bits per heavy atom. The van der Waals surface area contributed by atoms with E-state index in [1.807, 2.05) is 0 Å². The van der Waals surface area contributed by atoms with Crippen molar-refractivity contribution in [2.24, 2.45) is 0 Å². The van der Waals surface area contributed by atoms with Gasteiger partial charge in [-0.1, -0.05) is 0 Å². The van der Waals surface area contributed by atoms with Crippen LogP contribution in [0.1, 0.15) is 10.4 Å². The predicted molar refractivity (Wildman–Crippen MR) is 65.9 cm³/mol. The molecule has 0 aliphatic rings. The molecule has 0 aliphatic heterocycles. The van der Waals surface area contributed by atoms with E-state index in [9.17, 15) is 18.0 Å². The van der Waals surface area contributed by atoms with Gasteiger partial charge in [-0.3, -0.25) is 10.1 Å². The number of hydrogen-bond acceptors (Lipinski definition) is 5. The molecule has 2 rings (SSSR count). The van der Waals surface area contributed by atoms with Crippen molar-refractivity contribution >= 4 is 22.4 Å². The molecule has 0 aromatic carbocycles. The average Bonchev–Trinajstić information content (AvgIpc) is 2.88. The molecule has 2 heterocycles. The number of carbonyl (C=O) groups excluding carboxylic acids is 1. The van der Waals surface area contributed by atoms with Crippen molar-refractivity contribution in [3.8, 4) is 5.88 Å². The van der Waals surface area contributed by atoms with E-state index in [0.717, 1.165) is 0 Å². The maximum absolute atomic E-state index is 12.1. The Balaban J connectivity index is 2.12. The Bertz CT molecular complexity index is 587. The molecule has 20 heavy (non-hydrogen) atoms. The van der Waals surface area contributed by atoms with E-state index in [-0.39, 0.29) is 11.4 Å². The second-order valence-electron chi connectivity index (χ2n) is 3.55. The maximum Gasteiger partial charge on any atom is 0.422 e. The molecule has 9 heteroatoms. The molecule has 106 valence electrons. The minimum Gasteiger partial charge on any atom is -0.467 e. The molecule has 0 saturated heterocycles. The van der Waals surface area contributed by atoms with Crippen molar-refractivity contribution in [1.82, 2.24) is 9.97 Å². The summed E-state index contributed by atoms with van der Waals surface area (Å²) in [7, 11) is 0. The molecule has 0 atom stereocenters. The van der Waals surface area contributed by atoms with Crippen molar-refractivity contribution in [2.75, 3.05) is 11.9 Å². The number of pyridine rings is 1. The SMILES string of the molecule is O=C(Nc1nccs1)c1cccnc1OCC(F)(F)F. The van der Waals surface area contributed by atoms with Crippen LogP contribution in [0.25, 0.3) is 0 Å². The Labute approximate surface area is 115 Å². The van der Waals surface area contributed by atoms with Crippen LogP contribution in [0.15, 0.2) is 29.9 Å². The van der Waals surface area contributed by atoms with E-state index in [1.54, 1.807) is 5.38 Å². The molecule has 0 fully saturated rings. The van der Waals surface area contributed by atoms with Crippen LogP contribution in [0, 0.1) is 0 Å². The van der Waals surface area contributed by atoms with Crippen molar-refractivity contribution in [3.63, 3.8) is 0 Å². The first kappa shape index (κ1) is 14.3. The first-order chi connectivity index (χ1) is 9.46. The first-order valence-corrected chi connectivity index (χ1v) is 6.19. The van der Waals surface area contributed by atoms with Gasteiger partial charge in [-0.2, -0.15) is 13.2 Å². The number of alkyl halides is 3. The molecule has 1 amide bonds. The van der Waals surface area contributed by atoms with Gasteiger partial charge in [0.1, 0.15) is 5.56 Å². The summed E-state index contributed by atoms with van der Waals surface area (Å²) in [5.41, 5.74) is -0.0908.